The van der Waals surface area contributed by atoms with Crippen LogP contribution in [0.1, 0.15) is 45.6 Å². The van der Waals surface area contributed by atoms with Crippen molar-refractivity contribution in [3.63, 3.8) is 0 Å². The Balaban J connectivity index is 1.66. The van der Waals surface area contributed by atoms with Gasteiger partial charge in [-0.3, -0.25) is 0 Å². The summed E-state index contributed by atoms with van der Waals surface area (Å²) in [5, 5.41) is 0. The fourth-order valence-electron chi connectivity index (χ4n) is 4.22. The minimum Gasteiger partial charge on any atom is -0.459 e. The van der Waals surface area contributed by atoms with Gasteiger partial charge in [0.15, 0.2) is 0 Å². The molecule has 0 heterocycles. The van der Waals surface area contributed by atoms with Gasteiger partial charge in [-0.2, -0.15) is 0 Å². The molecular formula is C19H24O2. The number of carbonyl (C=O) groups is 1. The highest BCUT2D eigenvalue weighted by atomic mass is 16.5. The molecule has 1 aromatic carbocycles. The number of fused-ring (bicyclic) bond motifs is 2. The number of carbonyl (C=O) groups excluding carboxylic acids is 1. The van der Waals surface area contributed by atoms with E-state index in [9.17, 15) is 4.79 Å². The average molecular weight is 284 g/mol. The van der Waals surface area contributed by atoms with Crippen LogP contribution in [0.4, 0.5) is 0 Å². The van der Waals surface area contributed by atoms with E-state index in [1.54, 1.807) is 6.08 Å². The maximum Gasteiger partial charge on any atom is 0.331 e. The van der Waals surface area contributed by atoms with Gasteiger partial charge in [0.1, 0.15) is 6.10 Å². The van der Waals surface area contributed by atoms with Gasteiger partial charge in [0, 0.05) is 11.5 Å². The van der Waals surface area contributed by atoms with Gasteiger partial charge >= 0.3 is 5.97 Å². The number of hydrogen-bond donors (Lipinski definition) is 0. The molecule has 112 valence electrons. The van der Waals surface area contributed by atoms with E-state index in [0.29, 0.717) is 5.92 Å². The molecule has 2 fully saturated rings. The van der Waals surface area contributed by atoms with Gasteiger partial charge in [-0.25, -0.2) is 4.79 Å². The van der Waals surface area contributed by atoms with Gasteiger partial charge in [-0.15, -0.1) is 0 Å². The third-order valence-electron chi connectivity index (χ3n) is 6.18. The first kappa shape index (κ1) is 14.4. The Hall–Kier alpha value is -1.57. The maximum atomic E-state index is 12.1. The molecule has 21 heavy (non-hydrogen) atoms. The molecule has 2 aliphatic carbocycles. The molecular weight excluding hydrogens is 260 g/mol. The van der Waals surface area contributed by atoms with Crippen LogP contribution in [0.3, 0.4) is 0 Å². The predicted molar refractivity (Wildman–Crippen MR) is 84.6 cm³/mol. The van der Waals surface area contributed by atoms with Crippen LogP contribution in [-0.2, 0) is 9.53 Å². The number of hydrogen-bond acceptors (Lipinski definition) is 2. The molecule has 2 bridgehead atoms. The molecule has 0 saturated heterocycles. The van der Waals surface area contributed by atoms with Crippen LogP contribution in [0.2, 0.25) is 0 Å². The smallest absolute Gasteiger partial charge is 0.331 e. The van der Waals surface area contributed by atoms with E-state index in [1.165, 1.54) is 12.8 Å². The zero-order chi connectivity index (χ0) is 15.1. The standard InChI is InChI=1S/C19H24O2/c1-18(2)15-11-12-19(18,3)16(13-15)21-17(20)10-9-14-7-5-4-6-8-14/h4-10,15-16H,11-13H2,1-3H3/b10-9-/t15-,16-,19+/m0/s1. The number of esters is 1. The van der Waals surface area contributed by atoms with Crippen molar-refractivity contribution in [2.75, 3.05) is 0 Å². The van der Waals surface area contributed by atoms with Gasteiger partial charge in [-0.1, -0.05) is 51.1 Å². The fourth-order valence-corrected chi connectivity index (χ4v) is 4.22. The molecule has 2 aliphatic rings. The first-order chi connectivity index (χ1) is 9.93. The summed E-state index contributed by atoms with van der Waals surface area (Å²) in [7, 11) is 0. The fraction of sp³-hybridized carbons (Fsp3) is 0.526. The van der Waals surface area contributed by atoms with Crippen LogP contribution in [0, 0.1) is 16.7 Å². The first-order valence-corrected chi connectivity index (χ1v) is 7.87. The van der Waals surface area contributed by atoms with Crippen molar-refractivity contribution >= 4 is 12.0 Å². The normalized spacial score (nSPS) is 33.5. The summed E-state index contributed by atoms with van der Waals surface area (Å²) in [5.74, 6) is 0.479. The van der Waals surface area contributed by atoms with Gasteiger partial charge < -0.3 is 4.74 Å². The number of rotatable bonds is 3. The lowest BCUT2D eigenvalue weighted by atomic mass is 9.70. The van der Waals surface area contributed by atoms with Crippen LogP contribution in [0.25, 0.3) is 6.08 Å². The van der Waals surface area contributed by atoms with E-state index in [0.717, 1.165) is 12.0 Å². The van der Waals surface area contributed by atoms with Crippen molar-refractivity contribution in [2.45, 2.75) is 46.1 Å². The Kier molecular flexibility index (Phi) is 3.43. The van der Waals surface area contributed by atoms with Crippen molar-refractivity contribution in [2.24, 2.45) is 16.7 Å². The summed E-state index contributed by atoms with van der Waals surface area (Å²) < 4.78 is 5.78. The highest BCUT2D eigenvalue weighted by molar-refractivity contribution is 5.87. The second-order valence-corrected chi connectivity index (χ2v) is 7.28. The molecule has 0 amide bonds. The van der Waals surface area contributed by atoms with Crippen LogP contribution in [0.5, 0.6) is 0 Å². The summed E-state index contributed by atoms with van der Waals surface area (Å²) in [6.07, 6.45) is 6.91. The lowest BCUT2D eigenvalue weighted by Gasteiger charge is -2.38. The van der Waals surface area contributed by atoms with Gasteiger partial charge in [0.2, 0.25) is 0 Å². The molecule has 3 rings (SSSR count). The van der Waals surface area contributed by atoms with Crippen molar-refractivity contribution in [1.29, 1.82) is 0 Å². The third-order valence-corrected chi connectivity index (χ3v) is 6.18. The average Bonchev–Trinajstić information content (AvgIpc) is 2.79. The maximum absolute atomic E-state index is 12.1. The molecule has 2 heteroatoms. The van der Waals surface area contributed by atoms with E-state index in [1.807, 2.05) is 36.4 Å². The third kappa shape index (κ3) is 2.31. The van der Waals surface area contributed by atoms with Crippen LogP contribution in [0.15, 0.2) is 36.4 Å². The van der Waals surface area contributed by atoms with Gasteiger partial charge in [-0.05, 0) is 42.2 Å². The predicted octanol–water partition coefficient (Wildman–Crippen LogP) is 4.46. The first-order valence-electron chi connectivity index (χ1n) is 7.87. The summed E-state index contributed by atoms with van der Waals surface area (Å²) in [6.45, 7) is 6.95. The van der Waals surface area contributed by atoms with Gasteiger partial charge in [0.25, 0.3) is 0 Å². The Morgan fingerprint density at radius 3 is 2.52 bits per heavy atom. The monoisotopic (exact) mass is 284 g/mol. The molecule has 0 spiro atoms. The Morgan fingerprint density at radius 2 is 1.95 bits per heavy atom. The topological polar surface area (TPSA) is 26.3 Å². The summed E-state index contributed by atoms with van der Waals surface area (Å²) in [4.78, 5) is 12.1. The second-order valence-electron chi connectivity index (χ2n) is 7.28. The van der Waals surface area contributed by atoms with Crippen molar-refractivity contribution in [1.82, 2.24) is 0 Å². The largest absolute Gasteiger partial charge is 0.459 e. The van der Waals surface area contributed by atoms with Gasteiger partial charge in [0.05, 0.1) is 0 Å². The number of ether oxygens (including phenoxy) is 1. The van der Waals surface area contributed by atoms with E-state index >= 15 is 0 Å². The summed E-state index contributed by atoms with van der Waals surface area (Å²) in [5.41, 5.74) is 1.43. The molecule has 0 aliphatic heterocycles. The highest BCUT2D eigenvalue weighted by Gasteiger charge is 2.62. The molecule has 0 unspecified atom stereocenters. The minimum atomic E-state index is -0.214. The van der Waals surface area contributed by atoms with Crippen LogP contribution in [-0.4, -0.2) is 12.1 Å². The minimum absolute atomic E-state index is 0.0687. The molecule has 2 saturated carbocycles. The molecule has 0 aromatic heterocycles. The molecule has 3 atom stereocenters. The zero-order valence-corrected chi connectivity index (χ0v) is 13.1. The van der Waals surface area contributed by atoms with E-state index in [-0.39, 0.29) is 22.9 Å². The second kappa shape index (κ2) is 5.01. The molecule has 0 radical (unpaired) electrons. The van der Waals surface area contributed by atoms with Crippen molar-refractivity contribution in [3.8, 4) is 0 Å². The Morgan fingerprint density at radius 1 is 1.24 bits per heavy atom. The molecule has 1 aromatic rings. The lowest BCUT2D eigenvalue weighted by Crippen LogP contribution is -2.38. The Labute approximate surface area is 127 Å². The van der Waals surface area contributed by atoms with Crippen molar-refractivity contribution < 1.29 is 9.53 Å². The SMILES string of the molecule is CC1(C)[C@H]2CC[C@]1(C)[C@@H](OC(=O)/C=C\c1ccccc1)C2. The van der Waals surface area contributed by atoms with Crippen LogP contribution >= 0.6 is 0 Å². The summed E-state index contributed by atoms with van der Waals surface area (Å²) >= 11 is 0. The zero-order valence-electron chi connectivity index (χ0n) is 13.1. The van der Waals surface area contributed by atoms with Crippen molar-refractivity contribution in [3.05, 3.63) is 42.0 Å². The van der Waals surface area contributed by atoms with E-state index < -0.39 is 0 Å². The van der Waals surface area contributed by atoms with Crippen LogP contribution < -0.4 is 0 Å². The Bertz CT molecular complexity index is 558. The highest BCUT2D eigenvalue weighted by Crippen LogP contribution is 2.66. The lowest BCUT2D eigenvalue weighted by molar-refractivity contribution is -0.150. The van der Waals surface area contributed by atoms with E-state index in [2.05, 4.69) is 20.8 Å². The number of benzene rings is 1. The quantitative estimate of drug-likeness (QED) is 0.605. The summed E-state index contributed by atoms with van der Waals surface area (Å²) in [6, 6.07) is 9.85. The molecule has 0 N–H and O–H groups in total. The molecule has 2 nitrogen and oxygen atoms in total. The van der Waals surface area contributed by atoms with E-state index in [4.69, 9.17) is 4.74 Å².